The number of benzene rings is 1. The Balaban J connectivity index is 1.58. The summed E-state index contributed by atoms with van der Waals surface area (Å²) >= 11 is 1.74. The third-order valence-corrected chi connectivity index (χ3v) is 6.19. The maximum Gasteiger partial charge on any atom is 0.349 e. The van der Waals surface area contributed by atoms with E-state index in [1.807, 2.05) is 12.1 Å². The lowest BCUT2D eigenvalue weighted by molar-refractivity contribution is 0.0940. The van der Waals surface area contributed by atoms with Crippen LogP contribution in [-0.4, -0.2) is 12.5 Å². The fourth-order valence-corrected chi connectivity index (χ4v) is 4.69. The number of carbonyl (C=O) groups excluding carboxylic acids is 1. The zero-order valence-corrected chi connectivity index (χ0v) is 14.6. The minimum atomic E-state index is -0.590. The number of thiophene rings is 1. The van der Waals surface area contributed by atoms with Crippen LogP contribution >= 0.6 is 11.3 Å². The van der Waals surface area contributed by atoms with Crippen LogP contribution < -0.4 is 10.9 Å². The van der Waals surface area contributed by atoms with Crippen molar-refractivity contribution in [2.24, 2.45) is 0 Å². The number of para-hydroxylation sites is 1. The molecule has 1 aliphatic carbocycles. The molecular formula is C20H19NO3S. The Bertz CT molecular complexity index is 952. The van der Waals surface area contributed by atoms with E-state index in [-0.39, 0.29) is 16.9 Å². The molecule has 128 valence electrons. The van der Waals surface area contributed by atoms with Gasteiger partial charge in [0.2, 0.25) is 0 Å². The van der Waals surface area contributed by atoms with Crippen LogP contribution in [0.1, 0.15) is 40.9 Å². The summed E-state index contributed by atoms with van der Waals surface area (Å²) in [7, 11) is 0. The largest absolute Gasteiger partial charge is 0.422 e. The topological polar surface area (TPSA) is 59.3 Å². The Morgan fingerprint density at radius 3 is 2.72 bits per heavy atom. The molecule has 1 aliphatic rings. The highest BCUT2D eigenvalue weighted by Gasteiger charge is 2.37. The molecule has 1 fully saturated rings. The number of fused-ring (bicyclic) bond motifs is 1. The first kappa shape index (κ1) is 16.1. The van der Waals surface area contributed by atoms with E-state index in [1.165, 1.54) is 17.7 Å². The van der Waals surface area contributed by atoms with Gasteiger partial charge in [-0.1, -0.05) is 37.1 Å². The highest BCUT2D eigenvalue weighted by Crippen LogP contribution is 2.42. The van der Waals surface area contributed by atoms with Gasteiger partial charge in [0, 0.05) is 22.2 Å². The van der Waals surface area contributed by atoms with Gasteiger partial charge in [0.15, 0.2) is 0 Å². The standard InChI is InChI=1S/C20H19NO3S/c22-18(15-12-14-6-1-2-7-16(14)24-19(15)23)21-13-20(9-3-4-10-20)17-8-5-11-25-17/h1-2,5-8,11-12H,3-4,9-10,13H2,(H,21,22). The third kappa shape index (κ3) is 3.00. The zero-order chi connectivity index (χ0) is 17.3. The Morgan fingerprint density at radius 1 is 1.16 bits per heavy atom. The Labute approximate surface area is 149 Å². The van der Waals surface area contributed by atoms with Gasteiger partial charge in [-0.05, 0) is 36.4 Å². The van der Waals surface area contributed by atoms with Gasteiger partial charge >= 0.3 is 5.63 Å². The summed E-state index contributed by atoms with van der Waals surface area (Å²) in [5.74, 6) is -0.359. The molecule has 1 saturated carbocycles. The Hall–Kier alpha value is -2.40. The van der Waals surface area contributed by atoms with Gasteiger partial charge in [-0.3, -0.25) is 4.79 Å². The number of hydrogen-bond donors (Lipinski definition) is 1. The molecule has 1 aromatic carbocycles. The van der Waals surface area contributed by atoms with Crippen LogP contribution in [0.15, 0.2) is 57.1 Å². The molecule has 0 aliphatic heterocycles. The zero-order valence-electron chi connectivity index (χ0n) is 13.8. The second kappa shape index (κ2) is 6.48. The van der Waals surface area contributed by atoms with Crippen molar-refractivity contribution in [1.82, 2.24) is 5.32 Å². The van der Waals surface area contributed by atoms with Crippen LogP contribution in [0, 0.1) is 0 Å². The van der Waals surface area contributed by atoms with Crippen molar-refractivity contribution in [3.05, 3.63) is 68.7 Å². The molecule has 5 heteroatoms. The lowest BCUT2D eigenvalue weighted by atomic mass is 9.84. The minimum Gasteiger partial charge on any atom is -0.422 e. The first-order valence-electron chi connectivity index (χ1n) is 8.53. The number of amides is 1. The molecule has 1 amide bonds. The van der Waals surface area contributed by atoms with Gasteiger partial charge in [-0.2, -0.15) is 0 Å². The molecule has 0 unspecified atom stereocenters. The molecule has 25 heavy (non-hydrogen) atoms. The molecule has 1 N–H and O–H groups in total. The SMILES string of the molecule is O=C(NCC1(c2cccs2)CCCC1)c1cc2ccccc2oc1=O. The number of rotatable bonds is 4. The maximum absolute atomic E-state index is 12.6. The summed E-state index contributed by atoms with van der Waals surface area (Å²) in [6, 6.07) is 13.0. The van der Waals surface area contributed by atoms with Gasteiger partial charge in [-0.25, -0.2) is 4.79 Å². The number of nitrogens with one attached hydrogen (secondary N) is 1. The smallest absolute Gasteiger partial charge is 0.349 e. The van der Waals surface area contributed by atoms with Crippen LogP contribution in [-0.2, 0) is 5.41 Å². The lowest BCUT2D eigenvalue weighted by Gasteiger charge is -2.28. The van der Waals surface area contributed by atoms with Crippen LogP contribution in [0.25, 0.3) is 11.0 Å². The Morgan fingerprint density at radius 2 is 1.96 bits per heavy atom. The van der Waals surface area contributed by atoms with E-state index in [4.69, 9.17) is 4.42 Å². The lowest BCUT2D eigenvalue weighted by Crippen LogP contribution is -2.39. The summed E-state index contributed by atoms with van der Waals surface area (Å²) in [5, 5.41) is 5.81. The summed E-state index contributed by atoms with van der Waals surface area (Å²) in [6.45, 7) is 0.554. The monoisotopic (exact) mass is 353 g/mol. The van der Waals surface area contributed by atoms with E-state index in [1.54, 1.807) is 29.5 Å². The molecule has 2 aromatic heterocycles. The first-order valence-corrected chi connectivity index (χ1v) is 9.41. The van der Waals surface area contributed by atoms with Gasteiger partial charge in [-0.15, -0.1) is 11.3 Å². The highest BCUT2D eigenvalue weighted by atomic mass is 32.1. The summed E-state index contributed by atoms with van der Waals surface area (Å²) in [6.07, 6.45) is 4.48. The molecule has 0 atom stereocenters. The maximum atomic E-state index is 12.6. The molecular weight excluding hydrogens is 334 g/mol. The molecule has 0 bridgehead atoms. The van der Waals surface area contributed by atoms with Crippen molar-refractivity contribution in [1.29, 1.82) is 0 Å². The van der Waals surface area contributed by atoms with E-state index in [0.29, 0.717) is 12.1 Å². The molecule has 4 nitrogen and oxygen atoms in total. The average Bonchev–Trinajstić information content (AvgIpc) is 3.31. The van der Waals surface area contributed by atoms with Crippen LogP contribution in [0.5, 0.6) is 0 Å². The molecule has 4 rings (SSSR count). The quantitative estimate of drug-likeness (QED) is 0.719. The van der Waals surface area contributed by atoms with Gasteiger partial charge in [0.25, 0.3) is 5.91 Å². The molecule has 0 radical (unpaired) electrons. The fourth-order valence-electron chi connectivity index (χ4n) is 3.71. The summed E-state index contributed by atoms with van der Waals surface area (Å²) < 4.78 is 5.27. The molecule has 3 aromatic rings. The predicted octanol–water partition coefficient (Wildman–Crippen LogP) is 4.10. The predicted molar refractivity (Wildman–Crippen MR) is 99.3 cm³/mol. The third-order valence-electron chi connectivity index (χ3n) is 5.08. The second-order valence-corrected chi connectivity index (χ2v) is 7.58. The van der Waals surface area contributed by atoms with E-state index >= 15 is 0 Å². The van der Waals surface area contributed by atoms with Crippen molar-refractivity contribution < 1.29 is 9.21 Å². The van der Waals surface area contributed by atoms with Crippen LogP contribution in [0.4, 0.5) is 0 Å². The van der Waals surface area contributed by atoms with Gasteiger partial charge in [0.05, 0.1) is 0 Å². The number of carbonyl (C=O) groups is 1. The van der Waals surface area contributed by atoms with Crippen molar-refractivity contribution in [2.45, 2.75) is 31.1 Å². The van der Waals surface area contributed by atoms with Crippen LogP contribution in [0.3, 0.4) is 0 Å². The van der Waals surface area contributed by atoms with Crippen molar-refractivity contribution >= 4 is 28.2 Å². The van der Waals surface area contributed by atoms with Crippen molar-refractivity contribution in [3.8, 4) is 0 Å². The van der Waals surface area contributed by atoms with Gasteiger partial charge in [0.1, 0.15) is 11.1 Å². The molecule has 0 saturated heterocycles. The normalized spacial score (nSPS) is 16.2. The molecule has 2 heterocycles. The first-order chi connectivity index (χ1) is 12.2. The van der Waals surface area contributed by atoms with Gasteiger partial charge < -0.3 is 9.73 Å². The van der Waals surface area contributed by atoms with E-state index in [9.17, 15) is 9.59 Å². The minimum absolute atomic E-state index is 0.000859. The van der Waals surface area contributed by atoms with Crippen molar-refractivity contribution in [3.63, 3.8) is 0 Å². The fraction of sp³-hybridized carbons (Fsp3) is 0.300. The highest BCUT2D eigenvalue weighted by molar-refractivity contribution is 7.10. The van der Waals surface area contributed by atoms with E-state index < -0.39 is 5.63 Å². The van der Waals surface area contributed by atoms with E-state index in [2.05, 4.69) is 22.8 Å². The van der Waals surface area contributed by atoms with Crippen molar-refractivity contribution in [2.75, 3.05) is 6.54 Å². The summed E-state index contributed by atoms with van der Waals surface area (Å²) in [5.41, 5.74) is -0.0263. The average molecular weight is 353 g/mol. The summed E-state index contributed by atoms with van der Waals surface area (Å²) in [4.78, 5) is 26.1. The number of hydrogen-bond acceptors (Lipinski definition) is 4. The second-order valence-electron chi connectivity index (χ2n) is 6.63. The Kier molecular flexibility index (Phi) is 4.17. The van der Waals surface area contributed by atoms with Crippen LogP contribution in [0.2, 0.25) is 0 Å². The molecule has 0 spiro atoms. The van der Waals surface area contributed by atoms with E-state index in [0.717, 1.165) is 18.2 Å².